The second kappa shape index (κ2) is 9.35. The van der Waals surface area contributed by atoms with Crippen molar-refractivity contribution in [2.75, 3.05) is 5.32 Å². The molecule has 2 aromatic carbocycles. The molecule has 3 aromatic rings. The van der Waals surface area contributed by atoms with Crippen LogP contribution in [0.4, 0.5) is 5.69 Å². The molecular weight excluding hydrogens is 460 g/mol. The van der Waals surface area contributed by atoms with Gasteiger partial charge < -0.3 is 10.1 Å². The number of esters is 1. The van der Waals surface area contributed by atoms with Gasteiger partial charge in [0.25, 0.3) is 11.5 Å². The fraction of sp³-hybridized carbons (Fsp3) is 0.304. The summed E-state index contributed by atoms with van der Waals surface area (Å²) in [6.07, 6.45) is 2.49. The molecular formula is C23H24N4O6S. The Balaban J connectivity index is 1.47. The molecule has 34 heavy (non-hydrogen) atoms. The standard InChI is InChI=1S/C23H24N4O6S/c1-14(21(28)25-16-7-9-17(10-8-16)34(24,31)32)33-23(30)15-6-11-18-19(13-15)26-20-5-3-2-4-12-27(20)22(18)29/h6-11,13-14H,2-5,12H2,1H3,(H,25,28)(H2,24,31,32). The van der Waals surface area contributed by atoms with Gasteiger partial charge >= 0.3 is 5.97 Å². The van der Waals surface area contributed by atoms with E-state index in [1.807, 2.05) is 0 Å². The first-order chi connectivity index (χ1) is 16.1. The normalized spacial score (nSPS) is 14.6. The lowest BCUT2D eigenvalue weighted by atomic mass is 10.1. The van der Waals surface area contributed by atoms with Crippen molar-refractivity contribution >= 4 is 38.5 Å². The number of hydrogen-bond donors (Lipinski definition) is 2. The van der Waals surface area contributed by atoms with Crippen molar-refractivity contribution in [2.24, 2.45) is 5.14 Å². The third-order valence-corrected chi connectivity index (χ3v) is 6.58. The SMILES string of the molecule is CC(OC(=O)c1ccc2c(=O)n3c(nc2c1)CCCCC3)C(=O)Nc1ccc(S(N)(=O)=O)cc1. The lowest BCUT2D eigenvalue weighted by Crippen LogP contribution is -2.30. The van der Waals surface area contributed by atoms with Crippen LogP contribution in [0, 0.1) is 0 Å². The summed E-state index contributed by atoms with van der Waals surface area (Å²) >= 11 is 0. The molecule has 0 radical (unpaired) electrons. The third kappa shape index (κ3) is 5.00. The van der Waals surface area contributed by atoms with E-state index in [1.165, 1.54) is 43.3 Å². The average Bonchev–Trinajstić information content (AvgIpc) is 3.04. The molecule has 0 bridgehead atoms. The number of nitrogens with zero attached hydrogens (tertiary/aromatic N) is 2. The number of aromatic nitrogens is 2. The van der Waals surface area contributed by atoms with E-state index >= 15 is 0 Å². The molecule has 178 valence electrons. The van der Waals surface area contributed by atoms with Crippen LogP contribution in [0.3, 0.4) is 0 Å². The van der Waals surface area contributed by atoms with Crippen LogP contribution in [0.2, 0.25) is 0 Å². The van der Waals surface area contributed by atoms with Gasteiger partial charge in [0.2, 0.25) is 10.0 Å². The minimum Gasteiger partial charge on any atom is -0.449 e. The number of aryl methyl sites for hydroxylation is 1. The highest BCUT2D eigenvalue weighted by Crippen LogP contribution is 2.18. The van der Waals surface area contributed by atoms with Crippen LogP contribution in [0.15, 0.2) is 52.2 Å². The Bertz CT molecular complexity index is 1430. The topological polar surface area (TPSA) is 150 Å². The van der Waals surface area contributed by atoms with Gasteiger partial charge in [-0.05, 0) is 62.2 Å². The summed E-state index contributed by atoms with van der Waals surface area (Å²) in [5, 5.41) is 8.03. The Labute approximate surface area is 195 Å². The molecule has 1 atom stereocenters. The van der Waals surface area contributed by atoms with Gasteiger partial charge in [-0.25, -0.2) is 23.3 Å². The zero-order chi connectivity index (χ0) is 24.5. The summed E-state index contributed by atoms with van der Waals surface area (Å²) in [6.45, 7) is 2.05. The van der Waals surface area contributed by atoms with E-state index in [1.54, 1.807) is 10.6 Å². The molecule has 1 aliphatic rings. The smallest absolute Gasteiger partial charge is 0.338 e. The monoisotopic (exact) mass is 484 g/mol. The molecule has 4 rings (SSSR count). The van der Waals surface area contributed by atoms with Crippen molar-refractivity contribution in [3.63, 3.8) is 0 Å². The fourth-order valence-corrected chi connectivity index (χ4v) is 4.31. The minimum absolute atomic E-state index is 0.0913. The van der Waals surface area contributed by atoms with Gasteiger partial charge in [0, 0.05) is 18.7 Å². The number of rotatable bonds is 5. The second-order valence-corrected chi connectivity index (χ2v) is 9.70. The van der Waals surface area contributed by atoms with Crippen LogP contribution in [-0.4, -0.2) is 35.9 Å². The number of amides is 1. The van der Waals surface area contributed by atoms with Gasteiger partial charge in [0.15, 0.2) is 6.10 Å². The first-order valence-electron chi connectivity index (χ1n) is 10.8. The maximum absolute atomic E-state index is 12.8. The number of anilines is 1. The predicted molar refractivity (Wildman–Crippen MR) is 125 cm³/mol. The summed E-state index contributed by atoms with van der Waals surface area (Å²) < 4.78 is 29.6. The van der Waals surface area contributed by atoms with Crippen molar-refractivity contribution in [3.8, 4) is 0 Å². The quantitative estimate of drug-likeness (QED) is 0.525. The zero-order valence-corrected chi connectivity index (χ0v) is 19.3. The Morgan fingerprint density at radius 2 is 1.85 bits per heavy atom. The van der Waals surface area contributed by atoms with E-state index in [2.05, 4.69) is 10.3 Å². The van der Waals surface area contributed by atoms with Gasteiger partial charge in [-0.2, -0.15) is 0 Å². The molecule has 2 heterocycles. The zero-order valence-electron chi connectivity index (χ0n) is 18.5. The molecule has 1 aromatic heterocycles. The molecule has 0 saturated carbocycles. The fourth-order valence-electron chi connectivity index (χ4n) is 3.80. The lowest BCUT2D eigenvalue weighted by molar-refractivity contribution is -0.123. The number of fused-ring (bicyclic) bond motifs is 2. The highest BCUT2D eigenvalue weighted by Gasteiger charge is 2.21. The first kappa shape index (κ1) is 23.6. The summed E-state index contributed by atoms with van der Waals surface area (Å²) in [6, 6.07) is 9.80. The van der Waals surface area contributed by atoms with Crippen LogP contribution < -0.4 is 16.0 Å². The minimum atomic E-state index is -3.84. The summed E-state index contributed by atoms with van der Waals surface area (Å²) in [5.74, 6) is -0.619. The Morgan fingerprint density at radius 1 is 1.12 bits per heavy atom. The van der Waals surface area contributed by atoms with Gasteiger partial charge in [-0.15, -0.1) is 0 Å². The van der Waals surface area contributed by atoms with E-state index in [0.717, 1.165) is 19.3 Å². The Hall–Kier alpha value is -3.57. The number of hydrogen-bond acceptors (Lipinski definition) is 7. The molecule has 1 unspecified atom stereocenters. The molecule has 0 spiro atoms. The van der Waals surface area contributed by atoms with Crippen molar-refractivity contribution in [2.45, 2.75) is 50.2 Å². The molecule has 1 aliphatic heterocycles. The lowest BCUT2D eigenvalue weighted by Gasteiger charge is -2.14. The Morgan fingerprint density at radius 3 is 2.56 bits per heavy atom. The molecule has 0 fully saturated rings. The molecule has 11 heteroatoms. The van der Waals surface area contributed by atoms with Gasteiger partial charge in [-0.3, -0.25) is 14.2 Å². The molecule has 3 N–H and O–H groups in total. The van der Waals surface area contributed by atoms with Gasteiger partial charge in [-0.1, -0.05) is 6.42 Å². The Kier molecular flexibility index (Phi) is 6.49. The van der Waals surface area contributed by atoms with Crippen molar-refractivity contribution in [1.29, 1.82) is 0 Å². The maximum atomic E-state index is 12.8. The number of nitrogens with two attached hydrogens (primary N) is 1. The summed E-state index contributed by atoms with van der Waals surface area (Å²) in [5.41, 5.74) is 0.786. The average molecular weight is 485 g/mol. The van der Waals surface area contributed by atoms with E-state index in [9.17, 15) is 22.8 Å². The van der Waals surface area contributed by atoms with Crippen LogP contribution in [0.5, 0.6) is 0 Å². The van der Waals surface area contributed by atoms with Crippen molar-refractivity contribution in [3.05, 3.63) is 64.2 Å². The number of primary sulfonamides is 1. The van der Waals surface area contributed by atoms with E-state index in [0.29, 0.717) is 35.4 Å². The number of nitrogens with one attached hydrogen (secondary N) is 1. The molecule has 0 saturated heterocycles. The maximum Gasteiger partial charge on any atom is 0.338 e. The number of carbonyl (C=O) groups excluding carboxylic acids is 2. The van der Waals surface area contributed by atoms with E-state index < -0.39 is 28.0 Å². The van der Waals surface area contributed by atoms with Crippen LogP contribution >= 0.6 is 0 Å². The van der Waals surface area contributed by atoms with Crippen LogP contribution in [-0.2, 0) is 32.5 Å². The van der Waals surface area contributed by atoms with E-state index in [4.69, 9.17) is 9.88 Å². The number of benzene rings is 2. The highest BCUT2D eigenvalue weighted by atomic mass is 32.2. The second-order valence-electron chi connectivity index (χ2n) is 8.13. The summed E-state index contributed by atoms with van der Waals surface area (Å²) in [4.78, 5) is 42.4. The van der Waals surface area contributed by atoms with Crippen molar-refractivity contribution in [1.82, 2.24) is 9.55 Å². The molecule has 1 amide bonds. The number of sulfonamides is 1. The van der Waals surface area contributed by atoms with Gasteiger partial charge in [0.1, 0.15) is 5.82 Å². The predicted octanol–water partition coefficient (Wildman–Crippen LogP) is 1.95. The number of carbonyl (C=O) groups is 2. The third-order valence-electron chi connectivity index (χ3n) is 5.66. The van der Waals surface area contributed by atoms with E-state index in [-0.39, 0.29) is 16.0 Å². The number of ether oxygens (including phenoxy) is 1. The largest absolute Gasteiger partial charge is 0.449 e. The molecule has 0 aliphatic carbocycles. The van der Waals surface area contributed by atoms with Crippen molar-refractivity contribution < 1.29 is 22.7 Å². The van der Waals surface area contributed by atoms with Gasteiger partial charge in [0.05, 0.1) is 21.4 Å². The highest BCUT2D eigenvalue weighted by molar-refractivity contribution is 7.89. The summed E-state index contributed by atoms with van der Waals surface area (Å²) in [7, 11) is -3.84. The molecule has 10 nitrogen and oxygen atoms in total. The van der Waals surface area contributed by atoms with Crippen LogP contribution in [0.1, 0.15) is 42.4 Å². The van der Waals surface area contributed by atoms with Crippen LogP contribution in [0.25, 0.3) is 10.9 Å². The first-order valence-corrected chi connectivity index (χ1v) is 12.4.